The summed E-state index contributed by atoms with van der Waals surface area (Å²) in [7, 11) is 3.66. The molecule has 108 valence electrons. The Labute approximate surface area is 121 Å². The number of nitrogens with zero attached hydrogens (tertiary/aromatic N) is 2. The Morgan fingerprint density at radius 3 is 2.29 bits per heavy atom. The van der Waals surface area contributed by atoms with Crippen molar-refractivity contribution in [2.75, 3.05) is 19.0 Å². The average molecular weight is 286 g/mol. The van der Waals surface area contributed by atoms with Crippen molar-refractivity contribution < 1.29 is 14.5 Å². The van der Waals surface area contributed by atoms with Gasteiger partial charge in [-0.3, -0.25) is 10.1 Å². The molecule has 2 aromatic rings. The number of carbonyl (C=O) groups is 1. The molecule has 0 aliphatic heterocycles. The topological polar surface area (TPSA) is 72.7 Å². The zero-order valence-electron chi connectivity index (χ0n) is 11.6. The van der Waals surface area contributed by atoms with E-state index in [-0.39, 0.29) is 11.4 Å². The van der Waals surface area contributed by atoms with E-state index in [1.807, 2.05) is 31.1 Å². The summed E-state index contributed by atoms with van der Waals surface area (Å²) >= 11 is 0. The van der Waals surface area contributed by atoms with E-state index in [1.54, 1.807) is 12.1 Å². The van der Waals surface area contributed by atoms with Crippen LogP contribution in [-0.4, -0.2) is 25.0 Å². The van der Waals surface area contributed by atoms with Crippen LogP contribution in [0.1, 0.15) is 10.4 Å². The standard InChI is InChI=1S/C15H14N2O4/c1-16(2)14-6-4-3-5-13(14)15(18)21-12-9-7-11(8-10-12)17(19)20/h3-10H,1-2H3. The fourth-order valence-corrected chi connectivity index (χ4v) is 1.83. The Bertz CT molecular complexity index is 666. The number of nitro groups is 1. The Balaban J connectivity index is 2.20. The van der Waals surface area contributed by atoms with Crippen LogP contribution in [0.5, 0.6) is 5.75 Å². The molecule has 0 aliphatic rings. The maximum atomic E-state index is 12.2. The van der Waals surface area contributed by atoms with Gasteiger partial charge >= 0.3 is 5.97 Å². The maximum Gasteiger partial charge on any atom is 0.345 e. The molecule has 0 saturated carbocycles. The molecule has 0 fully saturated rings. The van der Waals surface area contributed by atoms with E-state index in [0.29, 0.717) is 5.56 Å². The van der Waals surface area contributed by atoms with Crippen LogP contribution >= 0.6 is 0 Å². The first kappa shape index (κ1) is 14.5. The number of hydrogen-bond acceptors (Lipinski definition) is 5. The first-order valence-corrected chi connectivity index (χ1v) is 6.22. The van der Waals surface area contributed by atoms with Gasteiger partial charge in [0, 0.05) is 26.2 Å². The number of rotatable bonds is 4. The number of esters is 1. The number of benzene rings is 2. The number of non-ortho nitro benzene ring substituents is 1. The van der Waals surface area contributed by atoms with E-state index in [9.17, 15) is 14.9 Å². The number of nitro benzene ring substituents is 1. The van der Waals surface area contributed by atoms with Gasteiger partial charge in [0.1, 0.15) is 5.75 Å². The summed E-state index contributed by atoms with van der Waals surface area (Å²) in [6.07, 6.45) is 0. The summed E-state index contributed by atoms with van der Waals surface area (Å²) in [5.41, 5.74) is 1.12. The van der Waals surface area contributed by atoms with Crippen LogP contribution < -0.4 is 9.64 Å². The number of carbonyl (C=O) groups excluding carboxylic acids is 1. The molecule has 0 spiro atoms. The molecule has 0 bridgehead atoms. The monoisotopic (exact) mass is 286 g/mol. The molecule has 6 heteroatoms. The van der Waals surface area contributed by atoms with Gasteiger partial charge < -0.3 is 9.64 Å². The fourth-order valence-electron chi connectivity index (χ4n) is 1.83. The fraction of sp³-hybridized carbons (Fsp3) is 0.133. The zero-order valence-corrected chi connectivity index (χ0v) is 11.6. The van der Waals surface area contributed by atoms with Crippen LogP contribution in [0.25, 0.3) is 0 Å². The van der Waals surface area contributed by atoms with Crippen molar-refractivity contribution in [1.82, 2.24) is 0 Å². The van der Waals surface area contributed by atoms with Crippen molar-refractivity contribution in [2.45, 2.75) is 0 Å². The first-order chi connectivity index (χ1) is 9.99. The van der Waals surface area contributed by atoms with E-state index >= 15 is 0 Å². The van der Waals surface area contributed by atoms with Crippen molar-refractivity contribution in [1.29, 1.82) is 0 Å². The molecular weight excluding hydrogens is 272 g/mol. The van der Waals surface area contributed by atoms with Crippen LogP contribution in [0.4, 0.5) is 11.4 Å². The van der Waals surface area contributed by atoms with E-state index < -0.39 is 10.9 Å². The number of para-hydroxylation sites is 1. The highest BCUT2D eigenvalue weighted by Crippen LogP contribution is 2.22. The molecule has 21 heavy (non-hydrogen) atoms. The van der Waals surface area contributed by atoms with Gasteiger partial charge in [0.25, 0.3) is 5.69 Å². The zero-order chi connectivity index (χ0) is 15.4. The van der Waals surface area contributed by atoms with Crippen molar-refractivity contribution in [3.8, 4) is 5.75 Å². The van der Waals surface area contributed by atoms with Crippen LogP contribution in [0.3, 0.4) is 0 Å². The molecule has 0 radical (unpaired) electrons. The lowest BCUT2D eigenvalue weighted by Gasteiger charge is -2.16. The summed E-state index contributed by atoms with van der Waals surface area (Å²) < 4.78 is 5.24. The van der Waals surface area contributed by atoms with Crippen LogP contribution in [0.15, 0.2) is 48.5 Å². The molecule has 0 saturated heterocycles. The van der Waals surface area contributed by atoms with Gasteiger partial charge in [0.15, 0.2) is 0 Å². The molecule has 2 aromatic carbocycles. The summed E-state index contributed by atoms with van der Waals surface area (Å²) in [5.74, 6) is -0.243. The highest BCUT2D eigenvalue weighted by atomic mass is 16.6. The minimum Gasteiger partial charge on any atom is -0.423 e. The normalized spacial score (nSPS) is 10.0. The molecule has 0 amide bonds. The average Bonchev–Trinajstić information content (AvgIpc) is 2.47. The van der Waals surface area contributed by atoms with Crippen LogP contribution in [0.2, 0.25) is 0 Å². The predicted octanol–water partition coefficient (Wildman–Crippen LogP) is 2.88. The van der Waals surface area contributed by atoms with E-state index in [4.69, 9.17) is 4.74 Å². The molecule has 0 aromatic heterocycles. The third-order valence-electron chi connectivity index (χ3n) is 2.86. The third-order valence-corrected chi connectivity index (χ3v) is 2.86. The van der Waals surface area contributed by atoms with Crippen LogP contribution in [-0.2, 0) is 0 Å². The number of hydrogen-bond donors (Lipinski definition) is 0. The molecule has 0 atom stereocenters. The summed E-state index contributed by atoms with van der Waals surface area (Å²) in [5, 5.41) is 10.6. The summed E-state index contributed by atoms with van der Waals surface area (Å²) in [6, 6.07) is 12.4. The van der Waals surface area contributed by atoms with Gasteiger partial charge in [-0.25, -0.2) is 4.79 Å². The minimum atomic E-state index is -0.507. The highest BCUT2D eigenvalue weighted by Gasteiger charge is 2.15. The minimum absolute atomic E-state index is 0.0523. The lowest BCUT2D eigenvalue weighted by atomic mass is 10.1. The number of ether oxygens (including phenoxy) is 1. The van der Waals surface area contributed by atoms with Gasteiger partial charge in [0.05, 0.1) is 16.2 Å². The van der Waals surface area contributed by atoms with Gasteiger partial charge in [0.2, 0.25) is 0 Å². The molecule has 0 heterocycles. The largest absolute Gasteiger partial charge is 0.423 e. The lowest BCUT2D eigenvalue weighted by Crippen LogP contribution is -2.16. The Morgan fingerprint density at radius 1 is 1.10 bits per heavy atom. The van der Waals surface area contributed by atoms with Crippen LogP contribution in [0, 0.1) is 10.1 Å². The van der Waals surface area contributed by atoms with Gasteiger partial charge in [-0.1, -0.05) is 12.1 Å². The second-order valence-electron chi connectivity index (χ2n) is 4.55. The first-order valence-electron chi connectivity index (χ1n) is 6.22. The summed E-state index contributed by atoms with van der Waals surface area (Å²) in [6.45, 7) is 0. The molecular formula is C15H14N2O4. The van der Waals surface area contributed by atoms with Crippen molar-refractivity contribution in [2.24, 2.45) is 0 Å². The Morgan fingerprint density at radius 2 is 1.71 bits per heavy atom. The Kier molecular flexibility index (Phi) is 4.18. The van der Waals surface area contributed by atoms with Gasteiger partial charge in [-0.05, 0) is 24.3 Å². The molecule has 0 unspecified atom stereocenters. The van der Waals surface area contributed by atoms with E-state index in [0.717, 1.165) is 5.69 Å². The van der Waals surface area contributed by atoms with Crippen molar-refractivity contribution in [3.05, 3.63) is 64.2 Å². The molecule has 0 aliphatic carbocycles. The van der Waals surface area contributed by atoms with Crippen molar-refractivity contribution in [3.63, 3.8) is 0 Å². The molecule has 0 N–H and O–H groups in total. The smallest absolute Gasteiger partial charge is 0.345 e. The second kappa shape index (κ2) is 6.04. The highest BCUT2D eigenvalue weighted by molar-refractivity contribution is 5.97. The third kappa shape index (κ3) is 3.36. The Hall–Kier alpha value is -2.89. The second-order valence-corrected chi connectivity index (χ2v) is 4.55. The predicted molar refractivity (Wildman–Crippen MR) is 78.8 cm³/mol. The van der Waals surface area contributed by atoms with E-state index in [1.165, 1.54) is 24.3 Å². The quantitative estimate of drug-likeness (QED) is 0.374. The van der Waals surface area contributed by atoms with Gasteiger partial charge in [-0.15, -0.1) is 0 Å². The number of anilines is 1. The van der Waals surface area contributed by atoms with Gasteiger partial charge in [-0.2, -0.15) is 0 Å². The SMILES string of the molecule is CN(C)c1ccccc1C(=O)Oc1ccc([N+](=O)[O-])cc1. The maximum absolute atomic E-state index is 12.2. The molecule has 2 rings (SSSR count). The van der Waals surface area contributed by atoms with Crippen molar-refractivity contribution >= 4 is 17.3 Å². The molecule has 6 nitrogen and oxygen atoms in total. The lowest BCUT2D eigenvalue weighted by molar-refractivity contribution is -0.384. The summed E-state index contributed by atoms with van der Waals surface area (Å²) in [4.78, 5) is 24.0. The van der Waals surface area contributed by atoms with E-state index in [2.05, 4.69) is 0 Å².